The predicted molar refractivity (Wildman–Crippen MR) is 62.4 cm³/mol. The van der Waals surface area contributed by atoms with Gasteiger partial charge < -0.3 is 0 Å². The summed E-state index contributed by atoms with van der Waals surface area (Å²) in [6, 6.07) is 6.07. The van der Waals surface area contributed by atoms with Gasteiger partial charge in [0.15, 0.2) is 11.6 Å². The van der Waals surface area contributed by atoms with Gasteiger partial charge in [0.1, 0.15) is 5.54 Å². The fraction of sp³-hybridized carbons (Fsp3) is 0.462. The molecular weight excluding hydrogens is 222 g/mol. The van der Waals surface area contributed by atoms with Crippen LogP contribution in [0.2, 0.25) is 0 Å². The SMILES string of the molecule is CN(CCc1ccc(F)c(F)c1)C(C)(C)C#N. The van der Waals surface area contributed by atoms with E-state index in [1.807, 2.05) is 25.8 Å². The topological polar surface area (TPSA) is 27.0 Å². The van der Waals surface area contributed by atoms with E-state index in [2.05, 4.69) is 6.07 Å². The van der Waals surface area contributed by atoms with Crippen molar-refractivity contribution in [2.24, 2.45) is 0 Å². The van der Waals surface area contributed by atoms with E-state index in [9.17, 15) is 8.78 Å². The molecule has 0 bridgehead atoms. The first-order chi connectivity index (χ1) is 7.86. The maximum absolute atomic E-state index is 13.0. The number of rotatable bonds is 4. The van der Waals surface area contributed by atoms with Gasteiger partial charge in [0, 0.05) is 6.54 Å². The normalized spacial score (nSPS) is 11.6. The molecule has 0 amide bonds. The number of nitriles is 1. The van der Waals surface area contributed by atoms with Gasteiger partial charge >= 0.3 is 0 Å². The summed E-state index contributed by atoms with van der Waals surface area (Å²) in [5.41, 5.74) is 0.169. The maximum Gasteiger partial charge on any atom is 0.159 e. The molecule has 0 saturated carbocycles. The predicted octanol–water partition coefficient (Wildman–Crippen LogP) is 2.74. The van der Waals surface area contributed by atoms with Crippen LogP contribution in [0.5, 0.6) is 0 Å². The zero-order valence-corrected chi connectivity index (χ0v) is 10.3. The molecule has 0 N–H and O–H groups in total. The number of halogens is 2. The Balaban J connectivity index is 2.63. The lowest BCUT2D eigenvalue weighted by Gasteiger charge is -2.28. The summed E-state index contributed by atoms with van der Waals surface area (Å²) in [7, 11) is 1.84. The van der Waals surface area contributed by atoms with E-state index in [0.717, 1.165) is 11.6 Å². The Morgan fingerprint density at radius 1 is 1.29 bits per heavy atom. The zero-order chi connectivity index (χ0) is 13.1. The molecule has 0 heterocycles. The second-order valence-corrected chi connectivity index (χ2v) is 4.59. The van der Waals surface area contributed by atoms with Crippen molar-refractivity contribution < 1.29 is 8.78 Å². The van der Waals surface area contributed by atoms with Gasteiger partial charge in [0.2, 0.25) is 0 Å². The summed E-state index contributed by atoms with van der Waals surface area (Å²) in [6.45, 7) is 4.25. The van der Waals surface area contributed by atoms with Crippen molar-refractivity contribution in [1.29, 1.82) is 5.26 Å². The molecule has 0 atom stereocenters. The van der Waals surface area contributed by atoms with E-state index in [-0.39, 0.29) is 0 Å². The van der Waals surface area contributed by atoms with Crippen LogP contribution in [0.25, 0.3) is 0 Å². The van der Waals surface area contributed by atoms with Gasteiger partial charge in [-0.2, -0.15) is 5.26 Å². The second kappa shape index (κ2) is 5.24. The molecule has 0 spiro atoms. The third kappa shape index (κ3) is 3.50. The average Bonchev–Trinajstić information content (AvgIpc) is 2.30. The molecule has 0 aromatic heterocycles. The van der Waals surface area contributed by atoms with Crippen molar-refractivity contribution in [1.82, 2.24) is 4.90 Å². The molecule has 0 unspecified atom stereocenters. The monoisotopic (exact) mass is 238 g/mol. The van der Waals surface area contributed by atoms with E-state index in [0.29, 0.717) is 13.0 Å². The summed E-state index contributed by atoms with van der Waals surface area (Å²) in [5, 5.41) is 8.94. The van der Waals surface area contributed by atoms with Crippen LogP contribution in [0.4, 0.5) is 8.78 Å². The van der Waals surface area contributed by atoms with Crippen molar-refractivity contribution >= 4 is 0 Å². The zero-order valence-electron chi connectivity index (χ0n) is 10.3. The highest BCUT2D eigenvalue weighted by Crippen LogP contribution is 2.13. The van der Waals surface area contributed by atoms with Crippen molar-refractivity contribution in [3.8, 4) is 6.07 Å². The minimum Gasteiger partial charge on any atom is -0.289 e. The quantitative estimate of drug-likeness (QED) is 0.806. The molecule has 0 fully saturated rings. The molecule has 0 radical (unpaired) electrons. The number of nitrogens with zero attached hydrogens (tertiary/aromatic N) is 2. The van der Waals surface area contributed by atoms with Crippen LogP contribution in [-0.2, 0) is 6.42 Å². The van der Waals surface area contributed by atoms with Gasteiger partial charge in [-0.1, -0.05) is 6.07 Å². The Bertz CT molecular complexity index is 436. The van der Waals surface area contributed by atoms with Gasteiger partial charge in [0.05, 0.1) is 6.07 Å². The first kappa shape index (κ1) is 13.6. The van der Waals surface area contributed by atoms with Crippen molar-refractivity contribution in [3.05, 3.63) is 35.4 Å². The minimum absolute atomic E-state index is 0.557. The van der Waals surface area contributed by atoms with Crippen LogP contribution >= 0.6 is 0 Å². The molecule has 0 saturated heterocycles. The number of hydrogen-bond donors (Lipinski definition) is 0. The van der Waals surface area contributed by atoms with E-state index in [1.165, 1.54) is 6.07 Å². The molecule has 0 aliphatic carbocycles. The van der Waals surface area contributed by atoms with E-state index >= 15 is 0 Å². The van der Waals surface area contributed by atoms with Crippen molar-refractivity contribution in [2.75, 3.05) is 13.6 Å². The standard InChI is InChI=1S/C13H16F2N2/c1-13(2,9-16)17(3)7-6-10-4-5-11(14)12(15)8-10/h4-5,8H,6-7H2,1-3H3. The summed E-state index contributed by atoms with van der Waals surface area (Å²) < 4.78 is 25.7. The first-order valence-corrected chi connectivity index (χ1v) is 5.43. The summed E-state index contributed by atoms with van der Waals surface area (Å²) in [6.07, 6.45) is 0.582. The molecule has 4 heteroatoms. The Kier molecular flexibility index (Phi) is 4.19. The van der Waals surface area contributed by atoms with Gasteiger partial charge in [-0.05, 0) is 45.0 Å². The minimum atomic E-state index is -0.834. The van der Waals surface area contributed by atoms with Crippen LogP contribution in [-0.4, -0.2) is 24.0 Å². The lowest BCUT2D eigenvalue weighted by atomic mass is 10.0. The Morgan fingerprint density at radius 2 is 1.94 bits per heavy atom. The largest absolute Gasteiger partial charge is 0.289 e. The highest BCUT2D eigenvalue weighted by atomic mass is 19.2. The lowest BCUT2D eigenvalue weighted by molar-refractivity contribution is 0.214. The molecule has 0 aliphatic heterocycles. The first-order valence-electron chi connectivity index (χ1n) is 5.43. The smallest absolute Gasteiger partial charge is 0.159 e. The highest BCUT2D eigenvalue weighted by molar-refractivity contribution is 5.18. The lowest BCUT2D eigenvalue weighted by Crippen LogP contribution is -2.40. The van der Waals surface area contributed by atoms with E-state index < -0.39 is 17.2 Å². The van der Waals surface area contributed by atoms with Gasteiger partial charge in [0.25, 0.3) is 0 Å². The van der Waals surface area contributed by atoms with E-state index in [4.69, 9.17) is 5.26 Å². The fourth-order valence-corrected chi connectivity index (χ4v) is 1.36. The molecule has 0 aliphatic rings. The Hall–Kier alpha value is -1.47. The Labute approximate surface area is 100 Å². The summed E-state index contributed by atoms with van der Waals surface area (Å²) in [5.74, 6) is -1.66. The fourth-order valence-electron chi connectivity index (χ4n) is 1.36. The molecule has 17 heavy (non-hydrogen) atoms. The molecule has 2 nitrogen and oxygen atoms in total. The van der Waals surface area contributed by atoms with Crippen LogP contribution in [0, 0.1) is 23.0 Å². The van der Waals surface area contributed by atoms with Crippen LogP contribution in [0.3, 0.4) is 0 Å². The molecule has 92 valence electrons. The molecule has 1 aromatic rings. The maximum atomic E-state index is 13.0. The van der Waals surface area contributed by atoms with Gasteiger partial charge in [-0.15, -0.1) is 0 Å². The number of benzene rings is 1. The molecule has 1 rings (SSSR count). The summed E-state index contributed by atoms with van der Waals surface area (Å²) >= 11 is 0. The van der Waals surface area contributed by atoms with E-state index in [1.54, 1.807) is 6.07 Å². The van der Waals surface area contributed by atoms with Gasteiger partial charge in [-0.3, -0.25) is 4.90 Å². The van der Waals surface area contributed by atoms with Crippen LogP contribution < -0.4 is 0 Å². The number of hydrogen-bond acceptors (Lipinski definition) is 2. The number of likely N-dealkylation sites (N-methyl/N-ethyl adjacent to an activating group) is 1. The van der Waals surface area contributed by atoms with Gasteiger partial charge in [-0.25, -0.2) is 8.78 Å². The summed E-state index contributed by atoms with van der Waals surface area (Å²) in [4.78, 5) is 1.88. The molecular formula is C13H16F2N2. The molecule has 1 aromatic carbocycles. The third-order valence-corrected chi connectivity index (χ3v) is 2.95. The van der Waals surface area contributed by atoms with Crippen molar-refractivity contribution in [3.63, 3.8) is 0 Å². The second-order valence-electron chi connectivity index (χ2n) is 4.59. The highest BCUT2D eigenvalue weighted by Gasteiger charge is 2.22. The average molecular weight is 238 g/mol. The Morgan fingerprint density at radius 3 is 2.47 bits per heavy atom. The third-order valence-electron chi connectivity index (χ3n) is 2.95. The van der Waals surface area contributed by atoms with Crippen LogP contribution in [0.15, 0.2) is 18.2 Å². The van der Waals surface area contributed by atoms with Crippen LogP contribution in [0.1, 0.15) is 19.4 Å². The van der Waals surface area contributed by atoms with Crippen molar-refractivity contribution in [2.45, 2.75) is 25.8 Å².